The first-order valence-corrected chi connectivity index (χ1v) is 8.05. The van der Waals surface area contributed by atoms with Gasteiger partial charge in [-0.05, 0) is 44.1 Å². The zero-order valence-corrected chi connectivity index (χ0v) is 13.2. The molecule has 0 amide bonds. The number of anilines is 1. The zero-order chi connectivity index (χ0) is 14.4. The number of nitrogens with zero attached hydrogens (tertiary/aromatic N) is 2. The van der Waals surface area contributed by atoms with Gasteiger partial charge in [0, 0.05) is 37.9 Å². The van der Waals surface area contributed by atoms with Crippen LogP contribution in [0, 0.1) is 0 Å². The minimum absolute atomic E-state index is 0.440. The molecule has 1 atom stereocenters. The quantitative estimate of drug-likeness (QED) is 0.861. The van der Waals surface area contributed by atoms with Crippen molar-refractivity contribution in [3.8, 4) is 0 Å². The molecule has 1 aliphatic heterocycles. The van der Waals surface area contributed by atoms with E-state index in [1.54, 1.807) is 0 Å². The van der Waals surface area contributed by atoms with Crippen molar-refractivity contribution < 1.29 is 0 Å². The fourth-order valence-corrected chi connectivity index (χ4v) is 2.94. The van der Waals surface area contributed by atoms with Crippen molar-refractivity contribution >= 4 is 5.69 Å². The lowest BCUT2D eigenvalue weighted by Gasteiger charge is -2.36. The maximum absolute atomic E-state index is 3.46. The van der Waals surface area contributed by atoms with Crippen LogP contribution < -0.4 is 10.2 Å². The molecule has 1 unspecified atom stereocenters. The number of hydrogen-bond donors (Lipinski definition) is 1. The second kappa shape index (κ2) is 7.65. The molecule has 1 N–H and O–H groups in total. The van der Waals surface area contributed by atoms with Crippen molar-refractivity contribution in [3.05, 3.63) is 29.8 Å². The molecule has 0 aliphatic carbocycles. The Kier molecular flexibility index (Phi) is 5.86. The van der Waals surface area contributed by atoms with Crippen LogP contribution in [0.25, 0.3) is 0 Å². The summed E-state index contributed by atoms with van der Waals surface area (Å²) in [4.78, 5) is 5.08. The average Bonchev–Trinajstić information content (AvgIpc) is 2.49. The van der Waals surface area contributed by atoms with Gasteiger partial charge in [-0.2, -0.15) is 0 Å². The van der Waals surface area contributed by atoms with E-state index in [4.69, 9.17) is 0 Å². The summed E-state index contributed by atoms with van der Waals surface area (Å²) in [5.41, 5.74) is 2.74. The van der Waals surface area contributed by atoms with E-state index in [1.165, 1.54) is 37.3 Å². The maximum atomic E-state index is 3.46. The molecule has 1 heterocycles. The molecule has 1 aliphatic rings. The number of rotatable bonds is 6. The predicted octanol–water partition coefficient (Wildman–Crippen LogP) is 2.89. The highest BCUT2D eigenvalue weighted by Gasteiger charge is 2.16. The highest BCUT2D eigenvalue weighted by Crippen LogP contribution is 2.20. The summed E-state index contributed by atoms with van der Waals surface area (Å²) < 4.78 is 0. The van der Waals surface area contributed by atoms with Crippen LogP contribution in [-0.4, -0.2) is 44.2 Å². The molecule has 0 radical (unpaired) electrons. The second-order valence-electron chi connectivity index (χ2n) is 5.70. The maximum Gasteiger partial charge on any atom is 0.0367 e. The third-order valence-corrected chi connectivity index (χ3v) is 4.18. The normalized spacial score (nSPS) is 18.2. The fraction of sp³-hybridized carbons (Fsp3) is 0.647. The Bertz CT molecular complexity index is 380. The summed E-state index contributed by atoms with van der Waals surface area (Å²) in [6, 6.07) is 9.52. The molecule has 0 saturated carbocycles. The van der Waals surface area contributed by atoms with Crippen LogP contribution in [-0.2, 0) is 0 Å². The molecular weight excluding hydrogens is 246 g/mol. The number of piperazine rings is 1. The zero-order valence-electron chi connectivity index (χ0n) is 13.2. The first-order chi connectivity index (χ1) is 9.74. The van der Waals surface area contributed by atoms with Gasteiger partial charge in [0.1, 0.15) is 0 Å². The molecule has 0 spiro atoms. The first kappa shape index (κ1) is 15.3. The van der Waals surface area contributed by atoms with E-state index in [1.807, 2.05) is 0 Å². The van der Waals surface area contributed by atoms with E-state index in [-0.39, 0.29) is 0 Å². The Morgan fingerprint density at radius 3 is 2.25 bits per heavy atom. The van der Waals surface area contributed by atoms with Gasteiger partial charge < -0.3 is 10.2 Å². The van der Waals surface area contributed by atoms with Gasteiger partial charge in [-0.15, -0.1) is 0 Å². The Labute approximate surface area is 124 Å². The molecule has 3 heteroatoms. The van der Waals surface area contributed by atoms with Crippen LogP contribution in [0.5, 0.6) is 0 Å². The number of nitrogens with one attached hydrogen (secondary N) is 1. The Hall–Kier alpha value is -1.06. The molecule has 1 aromatic carbocycles. The highest BCUT2D eigenvalue weighted by molar-refractivity contribution is 5.48. The minimum Gasteiger partial charge on any atom is -0.369 e. The molecule has 1 fully saturated rings. The summed E-state index contributed by atoms with van der Waals surface area (Å²) >= 11 is 0. The molecule has 1 aromatic rings. The van der Waals surface area contributed by atoms with E-state index in [0.29, 0.717) is 6.04 Å². The first-order valence-electron chi connectivity index (χ1n) is 8.05. The highest BCUT2D eigenvalue weighted by atomic mass is 15.3. The molecule has 1 saturated heterocycles. The molecule has 3 nitrogen and oxygen atoms in total. The van der Waals surface area contributed by atoms with Gasteiger partial charge in [-0.25, -0.2) is 0 Å². The molecule has 112 valence electrons. The minimum atomic E-state index is 0.440. The monoisotopic (exact) mass is 275 g/mol. The van der Waals surface area contributed by atoms with Gasteiger partial charge in [0.05, 0.1) is 0 Å². The van der Waals surface area contributed by atoms with Crippen molar-refractivity contribution in [2.45, 2.75) is 33.2 Å². The van der Waals surface area contributed by atoms with Gasteiger partial charge in [0.2, 0.25) is 0 Å². The Morgan fingerprint density at radius 1 is 1.05 bits per heavy atom. The molecule has 20 heavy (non-hydrogen) atoms. The standard InChI is InChI=1S/C17H29N3/c1-4-10-19-11-13-20(14-12-19)17-8-6-16(7-9-17)15(3)18-5-2/h6-9,15,18H,4-5,10-14H2,1-3H3. The van der Waals surface area contributed by atoms with Crippen molar-refractivity contribution in [3.63, 3.8) is 0 Å². The number of benzene rings is 1. The predicted molar refractivity (Wildman–Crippen MR) is 87.5 cm³/mol. The Morgan fingerprint density at radius 2 is 1.70 bits per heavy atom. The summed E-state index contributed by atoms with van der Waals surface area (Å²) in [7, 11) is 0. The molecule has 2 rings (SSSR count). The van der Waals surface area contributed by atoms with Crippen LogP contribution in [0.3, 0.4) is 0 Å². The fourth-order valence-electron chi connectivity index (χ4n) is 2.94. The summed E-state index contributed by atoms with van der Waals surface area (Å²) in [6.07, 6.45) is 1.26. The van der Waals surface area contributed by atoms with Gasteiger partial charge in [-0.3, -0.25) is 4.90 Å². The lowest BCUT2D eigenvalue weighted by Crippen LogP contribution is -2.46. The van der Waals surface area contributed by atoms with Crippen molar-refractivity contribution in [2.24, 2.45) is 0 Å². The van der Waals surface area contributed by atoms with Gasteiger partial charge >= 0.3 is 0 Å². The lowest BCUT2D eigenvalue weighted by molar-refractivity contribution is 0.258. The van der Waals surface area contributed by atoms with Crippen LogP contribution in [0.15, 0.2) is 24.3 Å². The number of hydrogen-bond acceptors (Lipinski definition) is 3. The third-order valence-electron chi connectivity index (χ3n) is 4.18. The van der Waals surface area contributed by atoms with Crippen LogP contribution in [0.2, 0.25) is 0 Å². The van der Waals surface area contributed by atoms with Crippen molar-refractivity contribution in [1.82, 2.24) is 10.2 Å². The van der Waals surface area contributed by atoms with E-state index in [0.717, 1.165) is 19.6 Å². The van der Waals surface area contributed by atoms with Crippen molar-refractivity contribution in [1.29, 1.82) is 0 Å². The smallest absolute Gasteiger partial charge is 0.0367 e. The summed E-state index contributed by atoms with van der Waals surface area (Å²) in [6.45, 7) is 13.6. The van der Waals surface area contributed by atoms with Crippen molar-refractivity contribution in [2.75, 3.05) is 44.2 Å². The van der Waals surface area contributed by atoms with Gasteiger partial charge in [0.15, 0.2) is 0 Å². The Balaban J connectivity index is 1.91. The molecule has 0 aromatic heterocycles. The summed E-state index contributed by atoms with van der Waals surface area (Å²) in [5.74, 6) is 0. The van der Waals surface area contributed by atoms with E-state index in [9.17, 15) is 0 Å². The van der Waals surface area contributed by atoms with Crippen LogP contribution in [0.4, 0.5) is 5.69 Å². The topological polar surface area (TPSA) is 18.5 Å². The van der Waals surface area contributed by atoms with E-state index < -0.39 is 0 Å². The summed E-state index contributed by atoms with van der Waals surface area (Å²) in [5, 5.41) is 3.46. The molecule has 0 bridgehead atoms. The van der Waals surface area contributed by atoms with E-state index >= 15 is 0 Å². The second-order valence-corrected chi connectivity index (χ2v) is 5.70. The van der Waals surface area contributed by atoms with Gasteiger partial charge in [-0.1, -0.05) is 26.0 Å². The lowest BCUT2D eigenvalue weighted by atomic mass is 10.1. The average molecular weight is 275 g/mol. The van der Waals surface area contributed by atoms with Crippen LogP contribution >= 0.6 is 0 Å². The largest absolute Gasteiger partial charge is 0.369 e. The SMILES string of the molecule is CCCN1CCN(c2ccc(C(C)NCC)cc2)CC1. The van der Waals surface area contributed by atoms with E-state index in [2.05, 4.69) is 60.2 Å². The molecular formula is C17H29N3. The van der Waals surface area contributed by atoms with Crippen LogP contribution in [0.1, 0.15) is 38.8 Å². The van der Waals surface area contributed by atoms with Gasteiger partial charge in [0.25, 0.3) is 0 Å². The third kappa shape index (κ3) is 3.97.